The van der Waals surface area contributed by atoms with Gasteiger partial charge >= 0.3 is 5.97 Å². The number of carboxylic acid groups (broad SMARTS) is 1. The first-order valence-corrected chi connectivity index (χ1v) is 11.0. The largest absolute Gasteiger partial charge is 0.481 e. The van der Waals surface area contributed by atoms with Crippen LogP contribution in [0.25, 0.3) is 0 Å². The van der Waals surface area contributed by atoms with Crippen LogP contribution in [0, 0.1) is 5.92 Å². The molecule has 2 aliphatic carbocycles. The van der Waals surface area contributed by atoms with E-state index in [1.54, 1.807) is 12.1 Å². The summed E-state index contributed by atoms with van der Waals surface area (Å²) >= 11 is 0. The summed E-state index contributed by atoms with van der Waals surface area (Å²) in [6.45, 7) is 1.38. The fraction of sp³-hybridized carbons (Fsp3) is 0.478. The minimum absolute atomic E-state index is 0.0267. The Balaban J connectivity index is 1.34. The molecule has 1 aromatic heterocycles. The summed E-state index contributed by atoms with van der Waals surface area (Å²) < 4.78 is 0. The molecule has 2 saturated carbocycles. The Morgan fingerprint density at radius 1 is 1.13 bits per heavy atom. The molecule has 4 rings (SSSR count). The van der Waals surface area contributed by atoms with Crippen LogP contribution in [0.5, 0.6) is 0 Å². The lowest BCUT2D eigenvalue weighted by Crippen LogP contribution is -2.35. The van der Waals surface area contributed by atoms with Gasteiger partial charge in [0.1, 0.15) is 5.82 Å². The van der Waals surface area contributed by atoms with Crippen LogP contribution < -0.4 is 16.0 Å². The molecular weight excluding hydrogens is 394 g/mol. The normalized spacial score (nSPS) is 15.7. The van der Waals surface area contributed by atoms with Crippen molar-refractivity contribution in [3.8, 4) is 0 Å². The van der Waals surface area contributed by atoms with Crippen molar-refractivity contribution in [3.05, 3.63) is 41.6 Å². The number of nitrogens with zero attached hydrogens (tertiary/aromatic N) is 2. The van der Waals surface area contributed by atoms with E-state index in [0.717, 1.165) is 67.7 Å². The van der Waals surface area contributed by atoms with E-state index in [2.05, 4.69) is 25.9 Å². The minimum atomic E-state index is -0.863. The zero-order chi connectivity index (χ0) is 21.6. The highest BCUT2D eigenvalue weighted by molar-refractivity contribution is 5.79. The number of aliphatic carboxylic acids is 1. The van der Waals surface area contributed by atoms with Gasteiger partial charge in [0, 0.05) is 36.5 Å². The SMILES string of the molecule is O=C(O)Cc1cccc(Nc2ncc(C3CC3)c(NCCCNC(=O)C3CCC3)n2)c1. The van der Waals surface area contributed by atoms with Crippen LogP contribution in [0.15, 0.2) is 30.5 Å². The first kappa shape index (κ1) is 21.1. The van der Waals surface area contributed by atoms with Crippen molar-refractivity contribution in [2.45, 2.75) is 50.9 Å². The molecule has 2 aromatic rings. The second-order valence-electron chi connectivity index (χ2n) is 8.37. The van der Waals surface area contributed by atoms with Crippen molar-refractivity contribution < 1.29 is 14.7 Å². The number of rotatable bonds is 11. The van der Waals surface area contributed by atoms with Gasteiger partial charge in [-0.05, 0) is 55.7 Å². The van der Waals surface area contributed by atoms with Gasteiger partial charge in [0.05, 0.1) is 6.42 Å². The summed E-state index contributed by atoms with van der Waals surface area (Å²) in [5.41, 5.74) is 2.60. The van der Waals surface area contributed by atoms with Crippen molar-refractivity contribution in [2.24, 2.45) is 5.92 Å². The molecule has 0 atom stereocenters. The van der Waals surface area contributed by atoms with E-state index in [0.29, 0.717) is 18.4 Å². The van der Waals surface area contributed by atoms with E-state index in [1.807, 2.05) is 18.3 Å². The summed E-state index contributed by atoms with van der Waals surface area (Å²) in [6.07, 6.45) is 8.18. The number of carboxylic acids is 1. The molecule has 0 radical (unpaired) electrons. The molecule has 4 N–H and O–H groups in total. The predicted octanol–water partition coefficient (Wildman–Crippen LogP) is 3.44. The average Bonchev–Trinajstić information content (AvgIpc) is 3.51. The van der Waals surface area contributed by atoms with E-state index in [-0.39, 0.29) is 18.2 Å². The van der Waals surface area contributed by atoms with Crippen LogP contribution in [0.4, 0.5) is 17.5 Å². The molecule has 0 spiro atoms. The van der Waals surface area contributed by atoms with E-state index < -0.39 is 5.97 Å². The molecule has 8 heteroatoms. The summed E-state index contributed by atoms with van der Waals surface area (Å²) in [6, 6.07) is 7.26. The van der Waals surface area contributed by atoms with Crippen LogP contribution >= 0.6 is 0 Å². The highest BCUT2D eigenvalue weighted by Crippen LogP contribution is 2.42. The maximum atomic E-state index is 11.9. The first-order valence-electron chi connectivity index (χ1n) is 11.0. The van der Waals surface area contributed by atoms with Gasteiger partial charge < -0.3 is 21.1 Å². The van der Waals surface area contributed by atoms with Crippen molar-refractivity contribution in [1.29, 1.82) is 0 Å². The third-order valence-corrected chi connectivity index (χ3v) is 5.79. The highest BCUT2D eigenvalue weighted by atomic mass is 16.4. The minimum Gasteiger partial charge on any atom is -0.481 e. The number of carbonyl (C=O) groups excluding carboxylic acids is 1. The van der Waals surface area contributed by atoms with Gasteiger partial charge in [-0.3, -0.25) is 9.59 Å². The van der Waals surface area contributed by atoms with Crippen LogP contribution in [0.1, 0.15) is 55.6 Å². The fourth-order valence-electron chi connectivity index (χ4n) is 3.67. The van der Waals surface area contributed by atoms with E-state index in [9.17, 15) is 9.59 Å². The maximum absolute atomic E-state index is 11.9. The Kier molecular flexibility index (Phi) is 6.64. The standard InChI is InChI=1S/C23H29N5O3/c29-20(30)13-15-4-1-7-18(12-15)27-23-26-14-19(16-8-9-16)21(28-23)24-10-3-11-25-22(31)17-5-2-6-17/h1,4,7,12,14,16-17H,2-3,5-6,8-11,13H2,(H,25,31)(H,29,30)(H2,24,26,27,28). The summed E-state index contributed by atoms with van der Waals surface area (Å²) in [5, 5.41) is 18.6. The van der Waals surface area contributed by atoms with Crippen molar-refractivity contribution in [2.75, 3.05) is 23.7 Å². The molecule has 2 fully saturated rings. The molecule has 0 unspecified atom stereocenters. The molecule has 1 aromatic carbocycles. The van der Waals surface area contributed by atoms with Gasteiger partial charge in [-0.2, -0.15) is 4.98 Å². The van der Waals surface area contributed by atoms with Crippen molar-refractivity contribution >= 4 is 29.3 Å². The Labute approximate surface area is 181 Å². The van der Waals surface area contributed by atoms with Gasteiger partial charge in [0.15, 0.2) is 0 Å². The Bertz CT molecular complexity index is 941. The molecule has 1 heterocycles. The third kappa shape index (κ3) is 5.93. The maximum Gasteiger partial charge on any atom is 0.307 e. The fourth-order valence-corrected chi connectivity index (χ4v) is 3.67. The molecule has 0 saturated heterocycles. The van der Waals surface area contributed by atoms with Crippen molar-refractivity contribution in [1.82, 2.24) is 15.3 Å². The highest BCUT2D eigenvalue weighted by Gasteiger charge is 2.28. The lowest BCUT2D eigenvalue weighted by atomic mass is 9.85. The van der Waals surface area contributed by atoms with Crippen LogP contribution in [-0.2, 0) is 16.0 Å². The first-order chi connectivity index (χ1) is 15.1. The molecule has 2 aliphatic rings. The zero-order valence-corrected chi connectivity index (χ0v) is 17.6. The summed E-state index contributed by atoms with van der Waals surface area (Å²) in [4.78, 5) is 32.0. The lowest BCUT2D eigenvalue weighted by Gasteiger charge is -2.24. The van der Waals surface area contributed by atoms with Crippen molar-refractivity contribution in [3.63, 3.8) is 0 Å². The third-order valence-electron chi connectivity index (χ3n) is 5.79. The van der Waals surface area contributed by atoms with Gasteiger partial charge in [-0.1, -0.05) is 18.6 Å². The number of carbonyl (C=O) groups is 2. The number of hydrogen-bond donors (Lipinski definition) is 4. The van der Waals surface area contributed by atoms with E-state index >= 15 is 0 Å². The number of benzene rings is 1. The Morgan fingerprint density at radius 3 is 2.68 bits per heavy atom. The van der Waals surface area contributed by atoms with E-state index in [1.165, 1.54) is 0 Å². The van der Waals surface area contributed by atoms with Crippen LogP contribution in [0.2, 0.25) is 0 Å². The molecule has 0 aliphatic heterocycles. The van der Waals surface area contributed by atoms with Crippen LogP contribution in [-0.4, -0.2) is 40.0 Å². The topological polar surface area (TPSA) is 116 Å². The number of hydrogen-bond acceptors (Lipinski definition) is 6. The number of aromatic nitrogens is 2. The monoisotopic (exact) mass is 423 g/mol. The van der Waals surface area contributed by atoms with Gasteiger partial charge in [-0.15, -0.1) is 0 Å². The lowest BCUT2D eigenvalue weighted by molar-refractivity contribution is -0.136. The smallest absolute Gasteiger partial charge is 0.307 e. The van der Waals surface area contributed by atoms with Gasteiger partial charge in [0.25, 0.3) is 0 Å². The number of nitrogens with one attached hydrogen (secondary N) is 3. The number of amides is 1. The van der Waals surface area contributed by atoms with Gasteiger partial charge in [-0.25, -0.2) is 4.98 Å². The average molecular weight is 424 g/mol. The number of anilines is 3. The summed E-state index contributed by atoms with van der Waals surface area (Å²) in [5.74, 6) is 1.35. The quantitative estimate of drug-likeness (QED) is 0.409. The zero-order valence-electron chi connectivity index (χ0n) is 17.6. The molecule has 1 amide bonds. The van der Waals surface area contributed by atoms with Crippen LogP contribution in [0.3, 0.4) is 0 Å². The predicted molar refractivity (Wildman–Crippen MR) is 119 cm³/mol. The molecule has 8 nitrogen and oxygen atoms in total. The molecule has 164 valence electrons. The second kappa shape index (κ2) is 9.76. The second-order valence-corrected chi connectivity index (χ2v) is 8.37. The summed E-state index contributed by atoms with van der Waals surface area (Å²) in [7, 11) is 0. The van der Waals surface area contributed by atoms with Gasteiger partial charge in [0.2, 0.25) is 11.9 Å². The van der Waals surface area contributed by atoms with E-state index in [4.69, 9.17) is 5.11 Å². The Hall–Kier alpha value is -3.16. The molecule has 31 heavy (non-hydrogen) atoms. The Morgan fingerprint density at radius 2 is 1.97 bits per heavy atom. The molecular formula is C23H29N5O3. The molecule has 0 bridgehead atoms.